The predicted molar refractivity (Wildman–Crippen MR) is 108 cm³/mol. The zero-order valence-corrected chi connectivity index (χ0v) is 15.5. The molecule has 0 aliphatic rings. The van der Waals surface area contributed by atoms with E-state index in [4.69, 9.17) is 10.5 Å². The molecule has 0 spiro atoms. The highest BCUT2D eigenvalue weighted by Gasteiger charge is 2.24. The first-order chi connectivity index (χ1) is 13.5. The summed E-state index contributed by atoms with van der Waals surface area (Å²) in [6.07, 6.45) is 0. The lowest BCUT2D eigenvalue weighted by atomic mass is 10.2. The zero-order chi connectivity index (χ0) is 20.1. The van der Waals surface area contributed by atoms with Gasteiger partial charge in [0.1, 0.15) is 5.75 Å². The maximum absolute atomic E-state index is 11.5. The fraction of sp³-hybridized carbons (Fsp3) is 0.158. The van der Waals surface area contributed by atoms with E-state index in [0.29, 0.717) is 18.0 Å². The molecule has 0 fully saturated rings. The van der Waals surface area contributed by atoms with Crippen molar-refractivity contribution < 1.29 is 9.66 Å². The van der Waals surface area contributed by atoms with E-state index in [1.54, 1.807) is 43.3 Å². The fourth-order valence-corrected chi connectivity index (χ4v) is 2.64. The summed E-state index contributed by atoms with van der Waals surface area (Å²) in [5.41, 5.74) is 7.17. The van der Waals surface area contributed by atoms with Crippen LogP contribution in [0.4, 0.5) is 29.0 Å². The topological polar surface area (TPSA) is 119 Å². The Kier molecular flexibility index (Phi) is 5.54. The van der Waals surface area contributed by atoms with Gasteiger partial charge in [-0.15, -0.1) is 0 Å². The molecule has 2 aromatic carbocycles. The van der Waals surface area contributed by atoms with E-state index < -0.39 is 4.92 Å². The van der Waals surface area contributed by atoms with E-state index in [1.165, 1.54) is 0 Å². The van der Waals surface area contributed by atoms with Crippen LogP contribution in [0.5, 0.6) is 5.75 Å². The van der Waals surface area contributed by atoms with Crippen molar-refractivity contribution in [3.05, 3.63) is 70.3 Å². The standard InChI is InChI=1S/C19H20N6O3/c1-24(12-13-6-4-3-5-7-13)19-22-17(20)16(25(26)27)18(23-19)21-14-8-10-15(28-2)11-9-14/h3-11H,12H2,1-2H3,(H3,20,21,22,23). The quantitative estimate of drug-likeness (QED) is 0.473. The summed E-state index contributed by atoms with van der Waals surface area (Å²) in [5.74, 6) is 0.775. The van der Waals surface area contributed by atoms with E-state index in [2.05, 4.69) is 15.3 Å². The number of hydrogen-bond donors (Lipinski definition) is 2. The molecule has 0 atom stereocenters. The molecule has 0 radical (unpaired) electrons. The smallest absolute Gasteiger partial charge is 0.353 e. The zero-order valence-electron chi connectivity index (χ0n) is 15.5. The molecule has 0 saturated heterocycles. The summed E-state index contributed by atoms with van der Waals surface area (Å²) in [6, 6.07) is 16.7. The molecular formula is C19H20N6O3. The van der Waals surface area contributed by atoms with Gasteiger partial charge in [-0.05, 0) is 29.8 Å². The average molecular weight is 380 g/mol. The van der Waals surface area contributed by atoms with Crippen LogP contribution in [0.1, 0.15) is 5.56 Å². The summed E-state index contributed by atoms with van der Waals surface area (Å²) >= 11 is 0. The van der Waals surface area contributed by atoms with Gasteiger partial charge >= 0.3 is 5.69 Å². The second-order valence-corrected chi connectivity index (χ2v) is 6.06. The molecule has 0 saturated carbocycles. The predicted octanol–water partition coefficient (Wildman–Crippen LogP) is 3.36. The molecule has 9 nitrogen and oxygen atoms in total. The molecule has 0 amide bonds. The van der Waals surface area contributed by atoms with Gasteiger partial charge in [0.25, 0.3) is 0 Å². The van der Waals surface area contributed by atoms with Gasteiger partial charge in [0.15, 0.2) is 0 Å². The number of ether oxygens (including phenoxy) is 1. The number of nitrogens with one attached hydrogen (secondary N) is 1. The Morgan fingerprint density at radius 3 is 2.43 bits per heavy atom. The second kappa shape index (κ2) is 8.21. The SMILES string of the molecule is COc1ccc(Nc2nc(N(C)Cc3ccccc3)nc(N)c2[N+](=O)[O-])cc1. The normalized spacial score (nSPS) is 10.4. The number of nitrogens with two attached hydrogens (primary N) is 1. The minimum atomic E-state index is -0.595. The third kappa shape index (κ3) is 4.26. The lowest BCUT2D eigenvalue weighted by Crippen LogP contribution is -2.20. The third-order valence-corrected chi connectivity index (χ3v) is 4.04. The van der Waals surface area contributed by atoms with Crippen molar-refractivity contribution in [2.45, 2.75) is 6.54 Å². The maximum atomic E-state index is 11.5. The fourth-order valence-electron chi connectivity index (χ4n) is 2.64. The van der Waals surface area contributed by atoms with Crippen molar-refractivity contribution in [3.8, 4) is 5.75 Å². The van der Waals surface area contributed by atoms with Crippen LogP contribution in [0.2, 0.25) is 0 Å². The number of rotatable bonds is 7. The van der Waals surface area contributed by atoms with E-state index in [0.717, 1.165) is 5.56 Å². The number of nitrogen functional groups attached to an aromatic ring is 1. The van der Waals surface area contributed by atoms with Crippen LogP contribution >= 0.6 is 0 Å². The summed E-state index contributed by atoms with van der Waals surface area (Å²) in [7, 11) is 3.36. The molecular weight excluding hydrogens is 360 g/mol. The number of aromatic nitrogens is 2. The Balaban J connectivity index is 1.93. The highest BCUT2D eigenvalue weighted by Crippen LogP contribution is 2.32. The van der Waals surface area contributed by atoms with Crippen molar-refractivity contribution in [3.63, 3.8) is 0 Å². The van der Waals surface area contributed by atoms with Crippen molar-refractivity contribution >= 4 is 29.0 Å². The Bertz CT molecular complexity index is 963. The number of nitro groups is 1. The highest BCUT2D eigenvalue weighted by molar-refractivity contribution is 5.74. The van der Waals surface area contributed by atoms with Crippen LogP contribution < -0.4 is 20.7 Å². The molecule has 3 N–H and O–H groups in total. The number of hydrogen-bond acceptors (Lipinski definition) is 8. The van der Waals surface area contributed by atoms with Crippen LogP contribution in [0.25, 0.3) is 0 Å². The highest BCUT2D eigenvalue weighted by atomic mass is 16.6. The van der Waals surface area contributed by atoms with Crippen LogP contribution in [-0.4, -0.2) is 29.0 Å². The van der Waals surface area contributed by atoms with Crippen LogP contribution in [0.3, 0.4) is 0 Å². The number of methoxy groups -OCH3 is 1. The molecule has 1 heterocycles. The van der Waals surface area contributed by atoms with Gasteiger partial charge in [0.2, 0.25) is 17.6 Å². The van der Waals surface area contributed by atoms with Gasteiger partial charge in [-0.2, -0.15) is 9.97 Å². The molecule has 1 aromatic heterocycles. The Labute approximate surface area is 161 Å². The Morgan fingerprint density at radius 1 is 1.14 bits per heavy atom. The van der Waals surface area contributed by atoms with Gasteiger partial charge in [-0.1, -0.05) is 30.3 Å². The molecule has 3 aromatic rings. The largest absolute Gasteiger partial charge is 0.497 e. The van der Waals surface area contributed by atoms with Crippen LogP contribution in [-0.2, 0) is 6.54 Å². The lowest BCUT2D eigenvalue weighted by molar-refractivity contribution is -0.383. The Hall–Kier alpha value is -3.88. The molecule has 144 valence electrons. The first-order valence-electron chi connectivity index (χ1n) is 8.46. The molecule has 9 heteroatoms. The van der Waals surface area contributed by atoms with Gasteiger partial charge in [-0.25, -0.2) is 0 Å². The van der Waals surface area contributed by atoms with Gasteiger partial charge < -0.3 is 20.7 Å². The number of benzene rings is 2. The molecule has 0 unspecified atom stereocenters. The first kappa shape index (κ1) is 18.9. The molecule has 0 bridgehead atoms. The lowest BCUT2D eigenvalue weighted by Gasteiger charge is -2.18. The molecule has 0 aliphatic heterocycles. The summed E-state index contributed by atoms with van der Waals surface area (Å²) < 4.78 is 5.12. The summed E-state index contributed by atoms with van der Waals surface area (Å²) in [6.45, 7) is 0.528. The van der Waals surface area contributed by atoms with Gasteiger partial charge in [0.05, 0.1) is 12.0 Å². The Morgan fingerprint density at radius 2 is 1.82 bits per heavy atom. The summed E-state index contributed by atoms with van der Waals surface area (Å²) in [4.78, 5) is 21.1. The first-order valence-corrected chi connectivity index (χ1v) is 8.46. The molecule has 0 aliphatic carbocycles. The van der Waals surface area contributed by atoms with Gasteiger partial charge in [-0.3, -0.25) is 10.1 Å². The minimum absolute atomic E-state index is 0.0255. The van der Waals surface area contributed by atoms with Crippen molar-refractivity contribution in [1.82, 2.24) is 9.97 Å². The number of nitrogens with zero attached hydrogens (tertiary/aromatic N) is 4. The second-order valence-electron chi connectivity index (χ2n) is 6.06. The minimum Gasteiger partial charge on any atom is -0.497 e. The molecule has 28 heavy (non-hydrogen) atoms. The van der Waals surface area contributed by atoms with Crippen LogP contribution in [0.15, 0.2) is 54.6 Å². The average Bonchev–Trinajstić information content (AvgIpc) is 2.68. The van der Waals surface area contributed by atoms with Gasteiger partial charge in [0, 0.05) is 19.3 Å². The van der Waals surface area contributed by atoms with E-state index in [1.807, 2.05) is 30.3 Å². The monoisotopic (exact) mass is 380 g/mol. The maximum Gasteiger partial charge on any atom is 0.353 e. The van der Waals surface area contributed by atoms with E-state index in [-0.39, 0.29) is 23.3 Å². The van der Waals surface area contributed by atoms with Crippen molar-refractivity contribution in [2.24, 2.45) is 0 Å². The van der Waals surface area contributed by atoms with Crippen molar-refractivity contribution in [1.29, 1.82) is 0 Å². The van der Waals surface area contributed by atoms with Crippen LogP contribution in [0, 0.1) is 10.1 Å². The van der Waals surface area contributed by atoms with E-state index >= 15 is 0 Å². The van der Waals surface area contributed by atoms with E-state index in [9.17, 15) is 10.1 Å². The summed E-state index contributed by atoms with van der Waals surface area (Å²) in [5, 5.41) is 14.4. The third-order valence-electron chi connectivity index (χ3n) is 4.04. The molecule has 3 rings (SSSR count). The number of anilines is 4. The van der Waals surface area contributed by atoms with Crippen molar-refractivity contribution in [2.75, 3.05) is 30.1 Å².